The van der Waals surface area contributed by atoms with Crippen LogP contribution >= 0.6 is 0 Å². The molecule has 0 bridgehead atoms. The fourth-order valence-electron chi connectivity index (χ4n) is 0.827. The van der Waals surface area contributed by atoms with E-state index < -0.39 is 6.48 Å². The Labute approximate surface area is 96.7 Å². The highest BCUT2D eigenvalue weighted by Crippen LogP contribution is 1.98. The molecule has 0 atom stereocenters. The number of rotatable bonds is 12. The molecule has 0 aliphatic heterocycles. The lowest BCUT2D eigenvalue weighted by Gasteiger charge is -2.18. The van der Waals surface area contributed by atoms with Gasteiger partial charge in [0.15, 0.2) is 0 Å². The molecule has 0 N–H and O–H groups in total. The average Bonchev–Trinajstić information content (AvgIpc) is 2.29. The number of ether oxygens (including phenoxy) is 6. The Morgan fingerprint density at radius 2 is 0.875 bits per heavy atom. The van der Waals surface area contributed by atoms with E-state index in [1.807, 2.05) is 0 Å². The van der Waals surface area contributed by atoms with E-state index in [9.17, 15) is 0 Å². The SMILES string of the molecule is COCCOC(OCCOC)OCCOC. The zero-order chi connectivity index (χ0) is 12.1. The van der Waals surface area contributed by atoms with Crippen molar-refractivity contribution in [3.8, 4) is 0 Å². The lowest BCUT2D eigenvalue weighted by Crippen LogP contribution is -2.26. The highest BCUT2D eigenvalue weighted by atomic mass is 16.8. The lowest BCUT2D eigenvalue weighted by molar-refractivity contribution is -0.294. The lowest BCUT2D eigenvalue weighted by atomic mass is 10.7. The molecule has 0 heterocycles. The quantitative estimate of drug-likeness (QED) is 0.359. The summed E-state index contributed by atoms with van der Waals surface area (Å²) < 4.78 is 30.5. The molecule has 0 aliphatic carbocycles. The van der Waals surface area contributed by atoms with E-state index in [0.29, 0.717) is 39.6 Å². The minimum atomic E-state index is -0.694. The maximum atomic E-state index is 5.30. The molecule has 0 aliphatic rings. The molecule has 0 radical (unpaired) electrons. The van der Waals surface area contributed by atoms with Crippen LogP contribution < -0.4 is 0 Å². The summed E-state index contributed by atoms with van der Waals surface area (Å²) in [5, 5.41) is 0. The molecule has 16 heavy (non-hydrogen) atoms. The van der Waals surface area contributed by atoms with Crippen molar-refractivity contribution in [2.24, 2.45) is 0 Å². The van der Waals surface area contributed by atoms with Gasteiger partial charge in [-0.15, -0.1) is 0 Å². The molecule has 0 saturated carbocycles. The second-order valence-corrected chi connectivity index (χ2v) is 2.88. The van der Waals surface area contributed by atoms with Gasteiger partial charge in [-0.05, 0) is 0 Å². The highest BCUT2D eigenvalue weighted by Gasteiger charge is 2.09. The Kier molecular flexibility index (Phi) is 12.6. The highest BCUT2D eigenvalue weighted by molar-refractivity contribution is 4.34. The van der Waals surface area contributed by atoms with E-state index in [2.05, 4.69) is 0 Å². The van der Waals surface area contributed by atoms with Crippen molar-refractivity contribution in [1.82, 2.24) is 0 Å². The van der Waals surface area contributed by atoms with Crippen LogP contribution in [0.1, 0.15) is 0 Å². The summed E-state index contributed by atoms with van der Waals surface area (Å²) in [6.45, 7) is 2.05. The van der Waals surface area contributed by atoms with Crippen molar-refractivity contribution < 1.29 is 28.4 Å². The van der Waals surface area contributed by atoms with Crippen molar-refractivity contribution >= 4 is 0 Å². The zero-order valence-corrected chi connectivity index (χ0v) is 10.3. The first-order valence-corrected chi connectivity index (χ1v) is 5.16. The minimum absolute atomic E-state index is 0.418. The summed E-state index contributed by atoms with van der Waals surface area (Å²) in [5.74, 6) is 0. The van der Waals surface area contributed by atoms with Gasteiger partial charge in [0.1, 0.15) is 0 Å². The first-order valence-electron chi connectivity index (χ1n) is 5.16. The third kappa shape index (κ3) is 10.3. The van der Waals surface area contributed by atoms with Crippen molar-refractivity contribution in [3.63, 3.8) is 0 Å². The van der Waals surface area contributed by atoms with Crippen molar-refractivity contribution in [2.75, 3.05) is 61.0 Å². The molecule has 0 rings (SSSR count). The third-order valence-electron chi connectivity index (χ3n) is 1.62. The molecular weight excluding hydrogens is 216 g/mol. The zero-order valence-electron chi connectivity index (χ0n) is 10.3. The van der Waals surface area contributed by atoms with Crippen molar-refractivity contribution in [2.45, 2.75) is 6.48 Å². The van der Waals surface area contributed by atoms with E-state index in [1.165, 1.54) is 0 Å². The van der Waals surface area contributed by atoms with Gasteiger partial charge >= 0.3 is 0 Å². The Morgan fingerprint density at radius 3 is 1.12 bits per heavy atom. The molecule has 6 heteroatoms. The summed E-state index contributed by atoms with van der Waals surface area (Å²) in [6.07, 6.45) is 0. The molecule has 0 unspecified atom stereocenters. The van der Waals surface area contributed by atoms with Gasteiger partial charge in [0.25, 0.3) is 6.48 Å². The van der Waals surface area contributed by atoms with Crippen LogP contribution in [0.15, 0.2) is 0 Å². The van der Waals surface area contributed by atoms with E-state index >= 15 is 0 Å². The maximum absolute atomic E-state index is 5.30. The standard InChI is InChI=1S/C10H22O6/c1-11-4-7-14-10(15-8-5-12-2)16-9-6-13-3/h10H,4-9H2,1-3H3. The molecular formula is C10H22O6. The molecule has 0 aromatic carbocycles. The van der Waals surface area contributed by atoms with Gasteiger partial charge in [0.2, 0.25) is 0 Å². The van der Waals surface area contributed by atoms with Gasteiger partial charge in [0.05, 0.1) is 39.6 Å². The normalized spacial score (nSPS) is 11.2. The summed E-state index contributed by atoms with van der Waals surface area (Å²) in [4.78, 5) is 0. The predicted molar refractivity (Wildman–Crippen MR) is 57.3 cm³/mol. The van der Waals surface area contributed by atoms with Gasteiger partial charge in [-0.3, -0.25) is 0 Å². The first kappa shape index (κ1) is 15.8. The Bertz CT molecular complexity index is 109. The Balaban J connectivity index is 3.58. The predicted octanol–water partition coefficient (Wildman–Crippen LogP) is 0.259. The van der Waals surface area contributed by atoms with E-state index in [0.717, 1.165) is 0 Å². The maximum Gasteiger partial charge on any atom is 0.271 e. The van der Waals surface area contributed by atoms with Gasteiger partial charge in [-0.1, -0.05) is 0 Å². The second-order valence-electron chi connectivity index (χ2n) is 2.88. The Hall–Kier alpha value is -0.240. The van der Waals surface area contributed by atoms with E-state index in [-0.39, 0.29) is 0 Å². The van der Waals surface area contributed by atoms with Crippen molar-refractivity contribution in [3.05, 3.63) is 0 Å². The van der Waals surface area contributed by atoms with Crippen LogP contribution in [0, 0.1) is 0 Å². The summed E-state index contributed by atoms with van der Waals surface area (Å²) in [7, 11) is 4.82. The molecule has 0 aromatic heterocycles. The third-order valence-corrected chi connectivity index (χ3v) is 1.62. The summed E-state index contributed by atoms with van der Waals surface area (Å²) in [5.41, 5.74) is 0. The monoisotopic (exact) mass is 238 g/mol. The number of methoxy groups -OCH3 is 3. The van der Waals surface area contributed by atoms with E-state index in [4.69, 9.17) is 28.4 Å². The second kappa shape index (κ2) is 12.8. The topological polar surface area (TPSA) is 55.4 Å². The molecule has 0 fully saturated rings. The smallest absolute Gasteiger partial charge is 0.271 e. The van der Waals surface area contributed by atoms with Crippen LogP contribution in [0.5, 0.6) is 0 Å². The Morgan fingerprint density at radius 1 is 0.562 bits per heavy atom. The summed E-state index contributed by atoms with van der Waals surface area (Å²) in [6, 6.07) is 0. The first-order chi connectivity index (χ1) is 7.85. The molecule has 0 saturated heterocycles. The summed E-state index contributed by atoms with van der Waals surface area (Å²) >= 11 is 0. The van der Waals surface area contributed by atoms with Crippen LogP contribution in [0.3, 0.4) is 0 Å². The minimum Gasteiger partial charge on any atom is -0.382 e. The molecule has 0 aromatic rings. The molecule has 0 amide bonds. The van der Waals surface area contributed by atoms with Crippen molar-refractivity contribution in [1.29, 1.82) is 0 Å². The average molecular weight is 238 g/mol. The molecule has 0 spiro atoms. The van der Waals surface area contributed by atoms with Crippen LogP contribution in [0.25, 0.3) is 0 Å². The van der Waals surface area contributed by atoms with Gasteiger partial charge < -0.3 is 28.4 Å². The van der Waals surface area contributed by atoms with Crippen LogP contribution in [0.2, 0.25) is 0 Å². The fraction of sp³-hybridized carbons (Fsp3) is 1.00. The molecule has 6 nitrogen and oxygen atoms in total. The number of hydrogen-bond acceptors (Lipinski definition) is 6. The molecule has 98 valence electrons. The van der Waals surface area contributed by atoms with Gasteiger partial charge in [0, 0.05) is 21.3 Å². The fourth-order valence-corrected chi connectivity index (χ4v) is 0.827. The van der Waals surface area contributed by atoms with Crippen LogP contribution in [0.4, 0.5) is 0 Å². The van der Waals surface area contributed by atoms with Crippen LogP contribution in [-0.4, -0.2) is 67.4 Å². The van der Waals surface area contributed by atoms with Gasteiger partial charge in [-0.25, -0.2) is 0 Å². The van der Waals surface area contributed by atoms with E-state index in [1.54, 1.807) is 21.3 Å². The number of hydrogen-bond donors (Lipinski definition) is 0. The largest absolute Gasteiger partial charge is 0.382 e. The van der Waals surface area contributed by atoms with Crippen LogP contribution in [-0.2, 0) is 28.4 Å². The van der Waals surface area contributed by atoms with Gasteiger partial charge in [-0.2, -0.15) is 0 Å².